The largest absolute Gasteiger partial charge is 0.416 e. The summed E-state index contributed by atoms with van der Waals surface area (Å²) in [6, 6.07) is 11.3. The molecule has 0 unspecified atom stereocenters. The molecule has 2 aromatic rings. The highest BCUT2D eigenvalue weighted by molar-refractivity contribution is 7.92. The van der Waals surface area contributed by atoms with Crippen molar-refractivity contribution in [1.82, 2.24) is 9.80 Å². The lowest BCUT2D eigenvalue weighted by molar-refractivity contribution is -0.137. The van der Waals surface area contributed by atoms with Crippen LogP contribution in [0.3, 0.4) is 0 Å². The molecular formula is C20H22F3N3O3S. The number of piperazine rings is 1. The maximum Gasteiger partial charge on any atom is 0.416 e. The van der Waals surface area contributed by atoms with Crippen LogP contribution in [0.25, 0.3) is 0 Å². The maximum absolute atomic E-state index is 13.2. The molecule has 0 aliphatic carbocycles. The molecule has 3 rings (SSSR count). The van der Waals surface area contributed by atoms with Gasteiger partial charge in [0.1, 0.15) is 6.54 Å². The third kappa shape index (κ3) is 4.93. The van der Waals surface area contributed by atoms with Gasteiger partial charge in [-0.15, -0.1) is 0 Å². The van der Waals surface area contributed by atoms with Crippen molar-refractivity contribution in [2.24, 2.45) is 0 Å². The van der Waals surface area contributed by atoms with E-state index in [0.29, 0.717) is 26.2 Å². The van der Waals surface area contributed by atoms with E-state index in [-0.39, 0.29) is 10.6 Å². The van der Waals surface area contributed by atoms with E-state index < -0.39 is 34.2 Å². The third-order valence-electron chi connectivity index (χ3n) is 4.93. The Morgan fingerprint density at radius 2 is 1.63 bits per heavy atom. The fourth-order valence-electron chi connectivity index (χ4n) is 3.15. The highest BCUT2D eigenvalue weighted by Gasteiger charge is 2.34. The molecule has 0 atom stereocenters. The zero-order chi connectivity index (χ0) is 21.9. The Morgan fingerprint density at radius 1 is 1.00 bits per heavy atom. The molecule has 0 bridgehead atoms. The quantitative estimate of drug-likeness (QED) is 0.716. The van der Waals surface area contributed by atoms with Crippen LogP contribution in [-0.2, 0) is 21.0 Å². The van der Waals surface area contributed by atoms with Crippen LogP contribution in [0.1, 0.15) is 5.56 Å². The second-order valence-electron chi connectivity index (χ2n) is 7.06. The van der Waals surface area contributed by atoms with Crippen LogP contribution >= 0.6 is 0 Å². The first-order valence-electron chi connectivity index (χ1n) is 9.30. The Hall–Kier alpha value is -2.59. The van der Waals surface area contributed by atoms with Crippen LogP contribution in [-0.4, -0.2) is 63.9 Å². The predicted octanol–water partition coefficient (Wildman–Crippen LogP) is 2.67. The summed E-state index contributed by atoms with van der Waals surface area (Å²) < 4.78 is 66.8. The van der Waals surface area contributed by atoms with Crippen LogP contribution in [0.15, 0.2) is 59.5 Å². The molecule has 1 fully saturated rings. The lowest BCUT2D eigenvalue weighted by atomic mass is 10.2. The standard InChI is InChI=1S/C20H22F3N3O3S/c1-24-10-12-25(13-11-24)19(27)15-26(30(28,29)18-8-3-2-4-9-18)17-7-5-6-16(14-17)20(21,22)23/h2-9,14H,10-13,15H2,1H3. The molecule has 1 amide bonds. The van der Waals surface area contributed by atoms with Gasteiger partial charge in [-0.3, -0.25) is 9.10 Å². The van der Waals surface area contributed by atoms with Gasteiger partial charge in [0.15, 0.2) is 0 Å². The molecule has 0 saturated carbocycles. The molecule has 10 heteroatoms. The summed E-state index contributed by atoms with van der Waals surface area (Å²) in [5.41, 5.74) is -1.20. The Balaban J connectivity index is 1.98. The summed E-state index contributed by atoms with van der Waals surface area (Å²) >= 11 is 0. The van der Waals surface area contributed by atoms with Crippen molar-refractivity contribution in [2.75, 3.05) is 44.1 Å². The van der Waals surface area contributed by atoms with Crippen molar-refractivity contribution < 1.29 is 26.4 Å². The molecule has 0 N–H and O–H groups in total. The number of likely N-dealkylation sites (N-methyl/N-ethyl adjacent to an activating group) is 1. The fourth-order valence-corrected chi connectivity index (χ4v) is 4.58. The van der Waals surface area contributed by atoms with E-state index in [1.807, 2.05) is 11.9 Å². The van der Waals surface area contributed by atoms with Gasteiger partial charge in [-0.25, -0.2) is 8.42 Å². The fraction of sp³-hybridized carbons (Fsp3) is 0.350. The van der Waals surface area contributed by atoms with Crippen molar-refractivity contribution >= 4 is 21.6 Å². The summed E-state index contributed by atoms with van der Waals surface area (Å²) in [7, 11) is -2.34. The van der Waals surface area contributed by atoms with E-state index in [9.17, 15) is 26.4 Å². The average Bonchev–Trinajstić information content (AvgIpc) is 2.72. The van der Waals surface area contributed by atoms with Crippen molar-refractivity contribution in [2.45, 2.75) is 11.1 Å². The highest BCUT2D eigenvalue weighted by Crippen LogP contribution is 2.33. The minimum absolute atomic E-state index is 0.103. The molecule has 30 heavy (non-hydrogen) atoms. The smallest absolute Gasteiger partial charge is 0.339 e. The number of carbonyl (C=O) groups is 1. The van der Waals surface area contributed by atoms with E-state index in [1.165, 1.54) is 35.2 Å². The molecule has 1 heterocycles. The Labute approximate surface area is 173 Å². The van der Waals surface area contributed by atoms with Gasteiger partial charge in [0.05, 0.1) is 16.1 Å². The minimum Gasteiger partial charge on any atom is -0.339 e. The SMILES string of the molecule is CN1CCN(C(=O)CN(c2cccc(C(F)(F)F)c2)S(=O)(=O)c2ccccc2)CC1. The monoisotopic (exact) mass is 441 g/mol. The first-order valence-corrected chi connectivity index (χ1v) is 10.7. The maximum atomic E-state index is 13.2. The number of anilines is 1. The molecule has 2 aromatic carbocycles. The first kappa shape index (κ1) is 22.1. The lowest BCUT2D eigenvalue weighted by Crippen LogP contribution is -2.50. The number of hydrogen-bond acceptors (Lipinski definition) is 4. The normalized spacial score (nSPS) is 15.8. The summed E-state index contributed by atoms with van der Waals surface area (Å²) in [6.07, 6.45) is -4.64. The van der Waals surface area contributed by atoms with Gasteiger partial charge < -0.3 is 9.80 Å². The molecule has 1 saturated heterocycles. The lowest BCUT2D eigenvalue weighted by Gasteiger charge is -2.34. The van der Waals surface area contributed by atoms with Gasteiger partial charge in [0, 0.05) is 26.2 Å². The number of sulfonamides is 1. The summed E-state index contributed by atoms with van der Waals surface area (Å²) in [6.45, 7) is 1.55. The van der Waals surface area contributed by atoms with E-state index in [1.54, 1.807) is 6.07 Å². The zero-order valence-corrected chi connectivity index (χ0v) is 17.2. The van der Waals surface area contributed by atoms with Crippen molar-refractivity contribution in [3.63, 3.8) is 0 Å². The Bertz CT molecular complexity index is 989. The van der Waals surface area contributed by atoms with Gasteiger partial charge in [-0.2, -0.15) is 13.2 Å². The second-order valence-corrected chi connectivity index (χ2v) is 8.92. The first-order chi connectivity index (χ1) is 14.1. The average molecular weight is 441 g/mol. The molecule has 0 aromatic heterocycles. The number of carbonyl (C=O) groups excluding carboxylic acids is 1. The number of halogens is 3. The van der Waals surface area contributed by atoms with Gasteiger partial charge in [-0.05, 0) is 37.4 Å². The number of benzene rings is 2. The van der Waals surface area contributed by atoms with Gasteiger partial charge in [0.2, 0.25) is 5.91 Å². The van der Waals surface area contributed by atoms with Crippen LogP contribution < -0.4 is 4.31 Å². The molecule has 0 radical (unpaired) electrons. The molecule has 1 aliphatic heterocycles. The minimum atomic E-state index is -4.64. The summed E-state index contributed by atoms with van der Waals surface area (Å²) in [5, 5.41) is 0. The van der Waals surface area contributed by atoms with Gasteiger partial charge >= 0.3 is 6.18 Å². The van der Waals surface area contributed by atoms with Gasteiger partial charge in [-0.1, -0.05) is 24.3 Å². The third-order valence-corrected chi connectivity index (χ3v) is 6.72. The summed E-state index contributed by atoms with van der Waals surface area (Å²) in [5.74, 6) is -0.458. The molecule has 162 valence electrons. The van der Waals surface area contributed by atoms with E-state index in [2.05, 4.69) is 0 Å². The van der Waals surface area contributed by atoms with Crippen LogP contribution in [0.4, 0.5) is 18.9 Å². The Morgan fingerprint density at radius 3 is 2.23 bits per heavy atom. The number of hydrogen-bond donors (Lipinski definition) is 0. The Kier molecular flexibility index (Phi) is 6.37. The predicted molar refractivity (Wildman–Crippen MR) is 106 cm³/mol. The highest BCUT2D eigenvalue weighted by atomic mass is 32.2. The molecule has 0 spiro atoms. The molecular weight excluding hydrogens is 419 g/mol. The molecule has 6 nitrogen and oxygen atoms in total. The van der Waals surface area contributed by atoms with Crippen LogP contribution in [0, 0.1) is 0 Å². The molecule has 1 aliphatic rings. The van der Waals surface area contributed by atoms with Crippen molar-refractivity contribution in [3.8, 4) is 0 Å². The number of nitrogens with zero attached hydrogens (tertiary/aromatic N) is 3. The number of amides is 1. The van der Waals surface area contributed by atoms with E-state index in [0.717, 1.165) is 22.5 Å². The summed E-state index contributed by atoms with van der Waals surface area (Å²) in [4.78, 5) is 16.3. The van der Waals surface area contributed by atoms with Crippen molar-refractivity contribution in [1.29, 1.82) is 0 Å². The van der Waals surface area contributed by atoms with E-state index >= 15 is 0 Å². The number of rotatable bonds is 5. The van der Waals surface area contributed by atoms with Crippen LogP contribution in [0.2, 0.25) is 0 Å². The van der Waals surface area contributed by atoms with Crippen molar-refractivity contribution in [3.05, 3.63) is 60.2 Å². The van der Waals surface area contributed by atoms with E-state index in [4.69, 9.17) is 0 Å². The van der Waals surface area contributed by atoms with Gasteiger partial charge in [0.25, 0.3) is 10.0 Å². The zero-order valence-electron chi connectivity index (χ0n) is 16.3. The van der Waals surface area contributed by atoms with Crippen LogP contribution in [0.5, 0.6) is 0 Å². The topological polar surface area (TPSA) is 60.9 Å². The number of alkyl halides is 3. The second kappa shape index (κ2) is 8.65.